The first-order chi connectivity index (χ1) is 29.3. The molecule has 0 unspecified atom stereocenters. The van der Waals surface area contributed by atoms with Gasteiger partial charge in [0.1, 0.15) is 0 Å². The molecule has 0 amide bonds. The van der Waals surface area contributed by atoms with Gasteiger partial charge in [-0.1, -0.05) is 194 Å². The molecule has 0 saturated heterocycles. The molecular formula is C58H39N. The van der Waals surface area contributed by atoms with E-state index < -0.39 is 0 Å². The highest BCUT2D eigenvalue weighted by Gasteiger charge is 2.22. The molecule has 1 nitrogen and oxygen atoms in total. The molecule has 1 heteroatoms. The molecular weight excluding hydrogens is 711 g/mol. The molecule has 11 aromatic carbocycles. The average Bonchev–Trinajstić information content (AvgIpc) is 3.32. The van der Waals surface area contributed by atoms with Crippen molar-refractivity contribution in [2.75, 3.05) is 4.90 Å². The van der Waals surface area contributed by atoms with Crippen LogP contribution in [0.15, 0.2) is 237 Å². The number of nitrogens with zero attached hydrogens (tertiary/aromatic N) is 1. The number of rotatable bonds is 7. The summed E-state index contributed by atoms with van der Waals surface area (Å²) >= 11 is 0. The summed E-state index contributed by atoms with van der Waals surface area (Å²) in [6.07, 6.45) is 0. The van der Waals surface area contributed by atoms with Crippen LogP contribution < -0.4 is 4.90 Å². The third-order valence-electron chi connectivity index (χ3n) is 11.8. The van der Waals surface area contributed by atoms with Crippen LogP contribution in [-0.2, 0) is 0 Å². The van der Waals surface area contributed by atoms with E-state index in [0.717, 1.165) is 17.1 Å². The molecule has 0 spiro atoms. The van der Waals surface area contributed by atoms with Crippen LogP contribution in [-0.4, -0.2) is 0 Å². The van der Waals surface area contributed by atoms with Crippen molar-refractivity contribution in [1.82, 2.24) is 0 Å². The molecule has 0 aromatic heterocycles. The summed E-state index contributed by atoms with van der Waals surface area (Å²) in [4.78, 5) is 2.45. The van der Waals surface area contributed by atoms with Crippen molar-refractivity contribution in [3.05, 3.63) is 237 Å². The van der Waals surface area contributed by atoms with E-state index in [1.165, 1.54) is 87.6 Å². The predicted molar refractivity (Wildman–Crippen MR) is 253 cm³/mol. The fourth-order valence-electron chi connectivity index (χ4n) is 8.99. The van der Waals surface area contributed by atoms with E-state index in [2.05, 4.69) is 241 Å². The zero-order valence-corrected chi connectivity index (χ0v) is 32.5. The monoisotopic (exact) mass is 749 g/mol. The van der Waals surface area contributed by atoms with Gasteiger partial charge in [-0.25, -0.2) is 0 Å². The number of hydrogen-bond acceptors (Lipinski definition) is 1. The Bertz CT molecular complexity index is 3310. The normalized spacial score (nSPS) is 11.4. The lowest BCUT2D eigenvalue weighted by Gasteiger charge is -2.30. The van der Waals surface area contributed by atoms with Gasteiger partial charge in [0.25, 0.3) is 0 Å². The SMILES string of the molecule is c1ccc(-c2ccc(N(c3ccc(-c4cc5ccccc5c5ccccc45)c(-c4ccc5ccccc5c4)c3)c3ccc4ccccc4c3-c3ccccc3)cc2)cc1. The van der Waals surface area contributed by atoms with Crippen LogP contribution in [0.1, 0.15) is 0 Å². The zero-order chi connectivity index (χ0) is 39.1. The Hall–Kier alpha value is -7.74. The van der Waals surface area contributed by atoms with Crippen molar-refractivity contribution in [1.29, 1.82) is 0 Å². The van der Waals surface area contributed by atoms with Gasteiger partial charge in [-0.3, -0.25) is 0 Å². The van der Waals surface area contributed by atoms with Crippen molar-refractivity contribution >= 4 is 60.2 Å². The van der Waals surface area contributed by atoms with E-state index in [9.17, 15) is 0 Å². The van der Waals surface area contributed by atoms with Crippen LogP contribution in [0.5, 0.6) is 0 Å². The van der Waals surface area contributed by atoms with E-state index in [0.29, 0.717) is 0 Å². The Morgan fingerprint density at radius 1 is 0.237 bits per heavy atom. The largest absolute Gasteiger partial charge is 0.310 e. The standard InChI is InChI=1S/C58H39N/c1-3-15-40(16-4-1)42-29-32-48(33-30-42)59(57-36-31-43-18-9-12-24-51(43)58(57)44-19-5-2-6-20-44)49-34-35-54(55(39-49)47-28-27-41-17-7-8-21-45(41)37-47)56-38-46-22-10-11-23-50(46)52-25-13-14-26-53(52)56/h1-39H. The van der Waals surface area contributed by atoms with E-state index in [4.69, 9.17) is 0 Å². The van der Waals surface area contributed by atoms with Crippen molar-refractivity contribution < 1.29 is 0 Å². The quantitative estimate of drug-likeness (QED) is 0.147. The minimum Gasteiger partial charge on any atom is -0.310 e. The van der Waals surface area contributed by atoms with Crippen molar-refractivity contribution in [2.45, 2.75) is 0 Å². The highest BCUT2D eigenvalue weighted by molar-refractivity contribution is 6.15. The maximum absolute atomic E-state index is 2.45. The van der Waals surface area contributed by atoms with Crippen LogP contribution in [0, 0.1) is 0 Å². The molecule has 276 valence electrons. The first-order valence-corrected chi connectivity index (χ1v) is 20.3. The van der Waals surface area contributed by atoms with Gasteiger partial charge in [0.2, 0.25) is 0 Å². The molecule has 0 bridgehead atoms. The van der Waals surface area contributed by atoms with Crippen LogP contribution in [0.3, 0.4) is 0 Å². The number of fused-ring (bicyclic) bond motifs is 5. The van der Waals surface area contributed by atoms with Crippen LogP contribution in [0.2, 0.25) is 0 Å². The van der Waals surface area contributed by atoms with Crippen molar-refractivity contribution in [3.63, 3.8) is 0 Å². The molecule has 0 aliphatic rings. The second kappa shape index (κ2) is 14.6. The van der Waals surface area contributed by atoms with Gasteiger partial charge in [0, 0.05) is 16.9 Å². The Morgan fingerprint density at radius 3 is 1.54 bits per heavy atom. The Labute approximate surface area is 344 Å². The second-order valence-corrected chi connectivity index (χ2v) is 15.3. The lowest BCUT2D eigenvalue weighted by molar-refractivity contribution is 1.29. The third-order valence-corrected chi connectivity index (χ3v) is 11.8. The maximum Gasteiger partial charge on any atom is 0.0546 e. The minimum atomic E-state index is 1.09. The summed E-state index contributed by atoms with van der Waals surface area (Å²) in [6.45, 7) is 0. The smallest absolute Gasteiger partial charge is 0.0546 e. The highest BCUT2D eigenvalue weighted by Crippen LogP contribution is 2.48. The molecule has 0 atom stereocenters. The second-order valence-electron chi connectivity index (χ2n) is 15.3. The van der Waals surface area contributed by atoms with Crippen molar-refractivity contribution in [2.24, 2.45) is 0 Å². The van der Waals surface area contributed by atoms with Crippen molar-refractivity contribution in [3.8, 4) is 44.5 Å². The minimum absolute atomic E-state index is 1.09. The van der Waals surface area contributed by atoms with Gasteiger partial charge in [0.15, 0.2) is 0 Å². The lowest BCUT2D eigenvalue weighted by atomic mass is 9.88. The first-order valence-electron chi connectivity index (χ1n) is 20.3. The molecule has 11 rings (SSSR count). The summed E-state index contributed by atoms with van der Waals surface area (Å²) in [7, 11) is 0. The summed E-state index contributed by atoms with van der Waals surface area (Å²) in [5.41, 5.74) is 12.9. The maximum atomic E-state index is 2.45. The summed E-state index contributed by atoms with van der Waals surface area (Å²) < 4.78 is 0. The molecule has 0 radical (unpaired) electrons. The average molecular weight is 750 g/mol. The Kier molecular flexibility index (Phi) is 8.56. The fourth-order valence-corrected chi connectivity index (χ4v) is 8.99. The van der Waals surface area contributed by atoms with Gasteiger partial charge in [0.05, 0.1) is 5.69 Å². The summed E-state index contributed by atoms with van der Waals surface area (Å²) in [6, 6.07) is 86.5. The van der Waals surface area contributed by atoms with Gasteiger partial charge >= 0.3 is 0 Å². The molecule has 11 aromatic rings. The molecule has 0 heterocycles. The topological polar surface area (TPSA) is 3.24 Å². The molecule has 59 heavy (non-hydrogen) atoms. The van der Waals surface area contributed by atoms with Crippen LogP contribution >= 0.6 is 0 Å². The number of benzene rings is 11. The van der Waals surface area contributed by atoms with Gasteiger partial charge in [-0.05, 0) is 124 Å². The van der Waals surface area contributed by atoms with Gasteiger partial charge < -0.3 is 4.90 Å². The van der Waals surface area contributed by atoms with Gasteiger partial charge in [-0.2, -0.15) is 0 Å². The molecule has 0 N–H and O–H groups in total. The summed E-state index contributed by atoms with van der Waals surface area (Å²) in [5, 5.41) is 9.89. The third kappa shape index (κ3) is 6.21. The number of hydrogen-bond donors (Lipinski definition) is 0. The van der Waals surface area contributed by atoms with E-state index in [-0.39, 0.29) is 0 Å². The first kappa shape index (κ1) is 34.5. The van der Waals surface area contributed by atoms with E-state index >= 15 is 0 Å². The number of anilines is 3. The highest BCUT2D eigenvalue weighted by atomic mass is 15.1. The Balaban J connectivity index is 1.20. The fraction of sp³-hybridized carbons (Fsp3) is 0. The van der Waals surface area contributed by atoms with E-state index in [1.807, 2.05) is 0 Å². The zero-order valence-electron chi connectivity index (χ0n) is 32.5. The molecule has 0 saturated carbocycles. The Morgan fingerprint density at radius 2 is 0.780 bits per heavy atom. The summed E-state index contributed by atoms with van der Waals surface area (Å²) in [5.74, 6) is 0. The molecule has 0 aliphatic heterocycles. The molecule has 0 aliphatic carbocycles. The lowest BCUT2D eigenvalue weighted by Crippen LogP contribution is -2.12. The van der Waals surface area contributed by atoms with Crippen LogP contribution in [0.4, 0.5) is 17.1 Å². The molecule has 0 fully saturated rings. The van der Waals surface area contributed by atoms with Crippen LogP contribution in [0.25, 0.3) is 87.6 Å². The van der Waals surface area contributed by atoms with E-state index in [1.54, 1.807) is 0 Å². The predicted octanol–water partition coefficient (Wildman–Crippen LogP) is 16.4. The van der Waals surface area contributed by atoms with Gasteiger partial charge in [-0.15, -0.1) is 0 Å².